The topological polar surface area (TPSA) is 128 Å². The number of hydrogen-bond acceptors (Lipinski definition) is 7. The van der Waals surface area contributed by atoms with Crippen LogP contribution in [0.2, 0.25) is 0 Å². The van der Waals surface area contributed by atoms with Crippen LogP contribution in [0.1, 0.15) is 34.5 Å². The predicted octanol–water partition coefficient (Wildman–Crippen LogP) is 1.87. The van der Waals surface area contributed by atoms with Crippen molar-refractivity contribution in [3.05, 3.63) is 40.5 Å². The molecule has 3 aliphatic rings. The van der Waals surface area contributed by atoms with Crippen LogP contribution in [0, 0.1) is 5.41 Å². The first-order valence-electron chi connectivity index (χ1n) is 10.5. The van der Waals surface area contributed by atoms with Gasteiger partial charge in [-0.15, -0.1) is 11.3 Å². The smallest absolute Gasteiger partial charge is 0.274 e. The molecule has 2 saturated heterocycles. The SMILES string of the molecule is N=C1NC(=O)/C(=C/c2cnn3c(NC4CC4)cc(-c4ccc(C(=O)N5CCC5)s4)nc23)N1. The average Bonchev–Trinajstić information content (AvgIpc) is 3.11. The Morgan fingerprint density at radius 1 is 1.28 bits per heavy atom. The van der Waals surface area contributed by atoms with E-state index in [0.29, 0.717) is 22.1 Å². The third-order valence-corrected chi connectivity index (χ3v) is 6.78. The number of likely N-dealkylation sites (tertiary alicyclic amines) is 1. The summed E-state index contributed by atoms with van der Waals surface area (Å²) in [5.74, 6) is 0.466. The number of nitrogens with zero attached hydrogens (tertiary/aromatic N) is 4. The van der Waals surface area contributed by atoms with Gasteiger partial charge in [-0.1, -0.05) is 0 Å². The molecular formula is C21H20N8O2S. The van der Waals surface area contributed by atoms with E-state index in [1.54, 1.807) is 16.8 Å². The molecule has 0 bridgehead atoms. The Kier molecular flexibility index (Phi) is 4.25. The fraction of sp³-hybridized carbons (Fsp3) is 0.286. The largest absolute Gasteiger partial charge is 0.367 e. The minimum atomic E-state index is -0.366. The van der Waals surface area contributed by atoms with Gasteiger partial charge >= 0.3 is 0 Å². The molecule has 3 aromatic rings. The van der Waals surface area contributed by atoms with Crippen LogP contribution in [0.5, 0.6) is 0 Å². The summed E-state index contributed by atoms with van der Waals surface area (Å²) in [4.78, 5) is 32.9. The molecule has 6 rings (SSSR count). The molecule has 1 aliphatic carbocycles. The maximum Gasteiger partial charge on any atom is 0.274 e. The van der Waals surface area contributed by atoms with Gasteiger partial charge in [0.1, 0.15) is 11.5 Å². The monoisotopic (exact) mass is 448 g/mol. The molecule has 0 radical (unpaired) electrons. The Hall–Kier alpha value is -3.73. The number of aromatic nitrogens is 3. The molecule has 0 atom stereocenters. The molecule has 3 aromatic heterocycles. The Balaban J connectivity index is 1.42. The van der Waals surface area contributed by atoms with Gasteiger partial charge in [-0.3, -0.25) is 20.3 Å². The van der Waals surface area contributed by atoms with Crippen LogP contribution in [0.4, 0.5) is 5.82 Å². The van der Waals surface area contributed by atoms with Gasteiger partial charge in [-0.25, -0.2) is 4.98 Å². The minimum Gasteiger partial charge on any atom is -0.367 e. The van der Waals surface area contributed by atoms with Crippen molar-refractivity contribution >= 4 is 46.7 Å². The molecule has 3 fully saturated rings. The second-order valence-electron chi connectivity index (χ2n) is 8.10. The Bertz CT molecular complexity index is 1310. The van der Waals surface area contributed by atoms with E-state index in [2.05, 4.69) is 21.0 Å². The van der Waals surface area contributed by atoms with Gasteiger partial charge in [-0.05, 0) is 37.5 Å². The number of anilines is 1. The highest BCUT2D eigenvalue weighted by Gasteiger charge is 2.26. The number of nitrogens with one attached hydrogen (secondary N) is 4. The molecule has 0 unspecified atom stereocenters. The van der Waals surface area contributed by atoms with E-state index in [1.807, 2.05) is 23.1 Å². The minimum absolute atomic E-state index is 0.0551. The van der Waals surface area contributed by atoms with E-state index in [1.165, 1.54) is 11.3 Å². The van der Waals surface area contributed by atoms with Crippen molar-refractivity contribution in [2.75, 3.05) is 18.4 Å². The van der Waals surface area contributed by atoms with Gasteiger partial charge in [0.15, 0.2) is 11.6 Å². The number of guanidine groups is 1. The van der Waals surface area contributed by atoms with Gasteiger partial charge < -0.3 is 15.5 Å². The number of thiophene rings is 1. The van der Waals surface area contributed by atoms with Crippen LogP contribution in [0.3, 0.4) is 0 Å². The second-order valence-corrected chi connectivity index (χ2v) is 9.19. The molecule has 0 aromatic carbocycles. The number of hydrogen-bond donors (Lipinski definition) is 4. The van der Waals surface area contributed by atoms with Crippen LogP contribution < -0.4 is 16.0 Å². The zero-order valence-corrected chi connectivity index (χ0v) is 17.8. The molecular weight excluding hydrogens is 428 g/mol. The molecule has 4 N–H and O–H groups in total. The molecule has 32 heavy (non-hydrogen) atoms. The first kappa shape index (κ1) is 19.0. The van der Waals surface area contributed by atoms with Crippen LogP contribution in [-0.4, -0.2) is 56.4 Å². The number of fused-ring (bicyclic) bond motifs is 1. The van der Waals surface area contributed by atoms with Crippen molar-refractivity contribution in [3.63, 3.8) is 0 Å². The lowest BCUT2D eigenvalue weighted by atomic mass is 10.2. The Labute approximate surface area is 186 Å². The van der Waals surface area contributed by atoms with Crippen molar-refractivity contribution in [1.82, 2.24) is 30.1 Å². The summed E-state index contributed by atoms with van der Waals surface area (Å²) in [5.41, 5.74) is 2.26. The van der Waals surface area contributed by atoms with E-state index in [4.69, 9.17) is 10.4 Å². The molecule has 0 spiro atoms. The first-order valence-corrected chi connectivity index (χ1v) is 11.3. The van der Waals surface area contributed by atoms with Crippen LogP contribution >= 0.6 is 11.3 Å². The summed E-state index contributed by atoms with van der Waals surface area (Å²) in [7, 11) is 0. The number of amides is 2. The maximum atomic E-state index is 12.6. The van der Waals surface area contributed by atoms with Gasteiger partial charge in [0.25, 0.3) is 11.8 Å². The average molecular weight is 449 g/mol. The third kappa shape index (κ3) is 3.30. The normalized spacial score (nSPS) is 19.2. The van der Waals surface area contributed by atoms with Crippen molar-refractivity contribution in [1.29, 1.82) is 5.41 Å². The fourth-order valence-electron chi connectivity index (χ4n) is 3.67. The van der Waals surface area contributed by atoms with E-state index in [9.17, 15) is 9.59 Å². The highest BCUT2D eigenvalue weighted by atomic mass is 32.1. The standard InChI is InChI=1S/C21H20N8O2S/c22-21-26-14(19(30)27-21)8-11-10-23-29-17(24-12-2-3-12)9-13(25-18(11)29)15-4-5-16(32-15)20(31)28-6-1-7-28/h4-5,8-10,12,24H,1-3,6-7H2,(H3,22,26,27,30)/b14-8-. The van der Waals surface area contributed by atoms with E-state index < -0.39 is 0 Å². The molecule has 2 amide bonds. The predicted molar refractivity (Wildman–Crippen MR) is 120 cm³/mol. The van der Waals surface area contributed by atoms with Gasteiger partial charge in [0.05, 0.1) is 21.6 Å². The third-order valence-electron chi connectivity index (χ3n) is 5.68. The van der Waals surface area contributed by atoms with Crippen molar-refractivity contribution in [3.8, 4) is 10.6 Å². The highest BCUT2D eigenvalue weighted by Crippen LogP contribution is 2.33. The van der Waals surface area contributed by atoms with Crippen LogP contribution in [0.15, 0.2) is 30.1 Å². The number of rotatable bonds is 5. The summed E-state index contributed by atoms with van der Waals surface area (Å²) >= 11 is 1.43. The van der Waals surface area contributed by atoms with Gasteiger partial charge in [0, 0.05) is 30.8 Å². The Morgan fingerprint density at radius 2 is 2.12 bits per heavy atom. The number of carbonyl (C=O) groups excluding carboxylic acids is 2. The highest BCUT2D eigenvalue weighted by molar-refractivity contribution is 7.17. The van der Waals surface area contributed by atoms with E-state index in [0.717, 1.165) is 48.7 Å². The zero-order valence-electron chi connectivity index (χ0n) is 17.0. The second kappa shape index (κ2) is 7.16. The quantitative estimate of drug-likeness (QED) is 0.441. The maximum absolute atomic E-state index is 12.6. The molecule has 1 saturated carbocycles. The van der Waals surface area contributed by atoms with Crippen LogP contribution in [0.25, 0.3) is 22.3 Å². The summed E-state index contributed by atoms with van der Waals surface area (Å²) in [6.45, 7) is 1.64. The number of carbonyl (C=O) groups is 2. The Morgan fingerprint density at radius 3 is 2.81 bits per heavy atom. The summed E-state index contributed by atoms with van der Waals surface area (Å²) in [6, 6.07) is 6.15. The lowest BCUT2D eigenvalue weighted by molar-refractivity contribution is -0.115. The summed E-state index contributed by atoms with van der Waals surface area (Å²) in [6.07, 6.45) is 6.57. The lowest BCUT2D eigenvalue weighted by Crippen LogP contribution is -2.41. The van der Waals surface area contributed by atoms with E-state index in [-0.39, 0.29) is 23.5 Å². The molecule has 5 heterocycles. The van der Waals surface area contributed by atoms with Gasteiger partial charge in [0.2, 0.25) is 0 Å². The molecule has 162 valence electrons. The van der Waals surface area contributed by atoms with Crippen molar-refractivity contribution in [2.45, 2.75) is 25.3 Å². The first-order chi connectivity index (χ1) is 15.5. The van der Waals surface area contributed by atoms with Crippen LogP contribution in [-0.2, 0) is 4.79 Å². The molecule has 11 heteroatoms. The van der Waals surface area contributed by atoms with Crippen molar-refractivity contribution < 1.29 is 9.59 Å². The summed E-state index contributed by atoms with van der Waals surface area (Å²) in [5, 5.41) is 20.7. The molecule has 2 aliphatic heterocycles. The van der Waals surface area contributed by atoms with Gasteiger partial charge in [-0.2, -0.15) is 9.61 Å². The zero-order chi connectivity index (χ0) is 21.8. The summed E-state index contributed by atoms with van der Waals surface area (Å²) < 4.78 is 1.73. The molecule has 10 nitrogen and oxygen atoms in total. The van der Waals surface area contributed by atoms with E-state index >= 15 is 0 Å². The fourth-order valence-corrected chi connectivity index (χ4v) is 4.61. The lowest BCUT2D eigenvalue weighted by Gasteiger charge is -2.30. The van der Waals surface area contributed by atoms with Crippen molar-refractivity contribution in [2.24, 2.45) is 0 Å².